The zero-order chi connectivity index (χ0) is 22.8. The van der Waals surface area contributed by atoms with E-state index in [0.717, 1.165) is 43.5 Å². The number of allylic oxidation sites excluding steroid dienone is 1. The maximum absolute atomic E-state index is 12.9. The Morgan fingerprint density at radius 2 is 1.61 bits per heavy atom. The molecule has 0 amide bonds. The molecule has 0 spiro atoms. The molecule has 0 saturated carbocycles. The van der Waals surface area contributed by atoms with Gasteiger partial charge < -0.3 is 5.11 Å². The summed E-state index contributed by atoms with van der Waals surface area (Å²) < 4.78 is 2.03. The zero-order valence-electron chi connectivity index (χ0n) is 18.1. The number of ketones is 1. The van der Waals surface area contributed by atoms with Gasteiger partial charge in [-0.15, -0.1) is 11.3 Å². The lowest BCUT2D eigenvalue weighted by molar-refractivity contribution is 0.104. The van der Waals surface area contributed by atoms with Crippen molar-refractivity contribution in [3.05, 3.63) is 113 Å². The number of benzene rings is 3. The number of hydrogen-bond acceptors (Lipinski definition) is 4. The van der Waals surface area contributed by atoms with Gasteiger partial charge in [-0.25, -0.2) is 4.98 Å². The van der Waals surface area contributed by atoms with E-state index < -0.39 is 0 Å². The van der Waals surface area contributed by atoms with Gasteiger partial charge in [0.1, 0.15) is 0 Å². The Hall–Kier alpha value is -3.80. The summed E-state index contributed by atoms with van der Waals surface area (Å²) >= 11 is 1.61. The predicted octanol–water partition coefficient (Wildman–Crippen LogP) is 6.43. The summed E-state index contributed by atoms with van der Waals surface area (Å²) in [5.74, 6) is -0.0573. The molecule has 0 bridgehead atoms. The molecule has 1 N–H and O–H groups in total. The Bertz CT molecular complexity index is 1440. The van der Waals surface area contributed by atoms with E-state index in [-0.39, 0.29) is 12.4 Å². The Balaban J connectivity index is 1.46. The molecule has 0 fully saturated rings. The highest BCUT2D eigenvalue weighted by atomic mass is 32.1. The Kier molecular flexibility index (Phi) is 5.73. The van der Waals surface area contributed by atoms with Crippen LogP contribution in [0.1, 0.15) is 26.5 Å². The van der Waals surface area contributed by atoms with Crippen molar-refractivity contribution in [2.45, 2.75) is 13.5 Å². The van der Waals surface area contributed by atoms with Crippen LogP contribution in [-0.4, -0.2) is 20.3 Å². The summed E-state index contributed by atoms with van der Waals surface area (Å²) in [5, 5.41) is 9.33. The average Bonchev–Trinajstić information content (AvgIpc) is 3.39. The second kappa shape index (κ2) is 8.98. The van der Waals surface area contributed by atoms with E-state index in [2.05, 4.69) is 12.1 Å². The molecule has 2 aromatic heterocycles. The maximum atomic E-state index is 12.9. The minimum absolute atomic E-state index is 0.00206. The number of aromatic nitrogens is 2. The molecule has 5 rings (SSSR count). The van der Waals surface area contributed by atoms with Crippen molar-refractivity contribution in [2.24, 2.45) is 0 Å². The highest BCUT2D eigenvalue weighted by Gasteiger charge is 2.15. The molecule has 162 valence electrons. The maximum Gasteiger partial charge on any atom is 0.194 e. The molecule has 5 aromatic rings. The van der Waals surface area contributed by atoms with Crippen molar-refractivity contribution in [1.29, 1.82) is 0 Å². The zero-order valence-corrected chi connectivity index (χ0v) is 18.9. The largest absolute Gasteiger partial charge is 0.392 e. The molecule has 5 heteroatoms. The first kappa shape index (κ1) is 21.1. The van der Waals surface area contributed by atoms with Crippen LogP contribution in [0.15, 0.2) is 91.1 Å². The van der Waals surface area contributed by atoms with E-state index in [1.54, 1.807) is 17.4 Å². The van der Waals surface area contributed by atoms with Crippen molar-refractivity contribution >= 4 is 28.2 Å². The topological polar surface area (TPSA) is 54.6 Å². The van der Waals surface area contributed by atoms with Crippen molar-refractivity contribution in [2.75, 3.05) is 0 Å². The lowest BCUT2D eigenvalue weighted by atomic mass is 10.0. The fourth-order valence-electron chi connectivity index (χ4n) is 3.82. The molecule has 2 heterocycles. The number of nitrogens with zero attached hydrogens (tertiary/aromatic N) is 2. The third-order valence-electron chi connectivity index (χ3n) is 5.56. The molecular formula is C28H22N2O2S. The molecule has 33 heavy (non-hydrogen) atoms. The number of carbonyl (C=O) groups excluding carboxylic acids is 1. The number of aliphatic hydroxyl groups is 1. The van der Waals surface area contributed by atoms with Crippen LogP contribution in [0.2, 0.25) is 0 Å². The quantitative estimate of drug-likeness (QED) is 0.240. The third kappa shape index (κ3) is 4.29. The number of fused-ring (bicyclic) bond motifs is 1. The normalized spacial score (nSPS) is 11.5. The first-order valence-electron chi connectivity index (χ1n) is 10.7. The Morgan fingerprint density at radius 3 is 2.30 bits per heavy atom. The van der Waals surface area contributed by atoms with Crippen LogP contribution in [0, 0.1) is 6.92 Å². The van der Waals surface area contributed by atoms with Gasteiger partial charge in [0.05, 0.1) is 18.0 Å². The molecule has 3 aromatic carbocycles. The van der Waals surface area contributed by atoms with Gasteiger partial charge in [0, 0.05) is 22.2 Å². The van der Waals surface area contributed by atoms with Gasteiger partial charge in [-0.2, -0.15) is 0 Å². The SMILES string of the molecule is Cc1cn2c(C=CC(=O)c3ccc(-c4ccccc4)cc3)c(-c3ccc(CO)cc3)nc2s1. The van der Waals surface area contributed by atoms with E-state index in [9.17, 15) is 9.90 Å². The van der Waals surface area contributed by atoms with Gasteiger partial charge in [0.25, 0.3) is 0 Å². The molecule has 0 atom stereocenters. The number of thiazole rings is 1. The third-order valence-corrected chi connectivity index (χ3v) is 6.46. The van der Waals surface area contributed by atoms with E-state index in [1.807, 2.05) is 90.3 Å². The Morgan fingerprint density at radius 1 is 0.939 bits per heavy atom. The number of carbonyl (C=O) groups is 1. The van der Waals surface area contributed by atoms with E-state index >= 15 is 0 Å². The van der Waals surface area contributed by atoms with Gasteiger partial charge in [0.15, 0.2) is 10.7 Å². The van der Waals surface area contributed by atoms with Crippen LogP contribution >= 0.6 is 11.3 Å². The summed E-state index contributed by atoms with van der Waals surface area (Å²) in [7, 11) is 0. The molecular weight excluding hydrogens is 428 g/mol. The monoisotopic (exact) mass is 450 g/mol. The van der Waals surface area contributed by atoms with Crippen LogP contribution < -0.4 is 0 Å². The highest BCUT2D eigenvalue weighted by Crippen LogP contribution is 2.30. The summed E-state index contributed by atoms with van der Waals surface area (Å²) in [6, 6.07) is 25.5. The summed E-state index contributed by atoms with van der Waals surface area (Å²) in [6.45, 7) is 2.05. The van der Waals surface area contributed by atoms with Crippen molar-refractivity contribution < 1.29 is 9.90 Å². The molecule has 0 aliphatic heterocycles. The van der Waals surface area contributed by atoms with E-state index in [4.69, 9.17) is 4.98 Å². The van der Waals surface area contributed by atoms with Crippen LogP contribution in [0.5, 0.6) is 0 Å². The van der Waals surface area contributed by atoms with Crippen LogP contribution in [0.3, 0.4) is 0 Å². The van der Waals surface area contributed by atoms with Gasteiger partial charge in [0.2, 0.25) is 0 Å². The van der Waals surface area contributed by atoms with Crippen molar-refractivity contribution in [1.82, 2.24) is 9.38 Å². The molecule has 0 radical (unpaired) electrons. The number of aliphatic hydroxyl groups excluding tert-OH is 1. The van der Waals surface area contributed by atoms with Crippen LogP contribution in [0.4, 0.5) is 0 Å². The summed E-state index contributed by atoms with van der Waals surface area (Å²) in [5.41, 5.74) is 6.31. The first-order chi connectivity index (χ1) is 16.1. The molecule has 4 nitrogen and oxygen atoms in total. The predicted molar refractivity (Wildman–Crippen MR) is 134 cm³/mol. The van der Waals surface area contributed by atoms with Crippen LogP contribution in [0.25, 0.3) is 33.4 Å². The van der Waals surface area contributed by atoms with Gasteiger partial charge in [-0.05, 0) is 35.8 Å². The lowest BCUT2D eigenvalue weighted by Gasteiger charge is -2.03. The number of aryl methyl sites for hydroxylation is 1. The van der Waals surface area contributed by atoms with Gasteiger partial charge >= 0.3 is 0 Å². The first-order valence-corrected chi connectivity index (χ1v) is 11.5. The fraction of sp³-hybridized carbons (Fsp3) is 0.0714. The second-order valence-electron chi connectivity index (χ2n) is 7.84. The molecule has 0 aliphatic rings. The minimum atomic E-state index is -0.0573. The molecule has 0 unspecified atom stereocenters. The second-order valence-corrected chi connectivity index (χ2v) is 9.05. The average molecular weight is 451 g/mol. The highest BCUT2D eigenvalue weighted by molar-refractivity contribution is 7.17. The lowest BCUT2D eigenvalue weighted by Crippen LogP contribution is -1.95. The van der Waals surface area contributed by atoms with E-state index in [1.165, 1.54) is 0 Å². The summed E-state index contributed by atoms with van der Waals surface area (Å²) in [4.78, 5) is 19.8. The van der Waals surface area contributed by atoms with Crippen molar-refractivity contribution in [3.8, 4) is 22.4 Å². The number of rotatable bonds is 6. The standard InChI is InChI=1S/C28H22N2O2S/c1-19-17-30-25(27(29-28(30)33-19)24-9-7-20(18-31)8-10-24)15-16-26(32)23-13-11-22(12-14-23)21-5-3-2-4-6-21/h2-17,31H,18H2,1H3. The van der Waals surface area contributed by atoms with Gasteiger partial charge in [-0.1, -0.05) is 78.9 Å². The minimum Gasteiger partial charge on any atom is -0.392 e. The smallest absolute Gasteiger partial charge is 0.194 e. The van der Waals surface area contributed by atoms with Crippen molar-refractivity contribution in [3.63, 3.8) is 0 Å². The fourth-order valence-corrected chi connectivity index (χ4v) is 4.65. The number of hydrogen-bond donors (Lipinski definition) is 1. The number of imidazole rings is 1. The van der Waals surface area contributed by atoms with E-state index in [0.29, 0.717) is 5.56 Å². The Labute approximate surface area is 196 Å². The molecule has 0 aliphatic carbocycles. The summed E-state index contributed by atoms with van der Waals surface area (Å²) in [6.07, 6.45) is 5.49. The van der Waals surface area contributed by atoms with Crippen LogP contribution in [-0.2, 0) is 6.61 Å². The molecule has 0 saturated heterocycles. The van der Waals surface area contributed by atoms with Gasteiger partial charge in [-0.3, -0.25) is 9.20 Å².